The molecule has 0 aromatic heterocycles. The summed E-state index contributed by atoms with van der Waals surface area (Å²) in [5.74, 6) is 4.90. The first-order valence-electron chi connectivity index (χ1n) is 7.00. The lowest BCUT2D eigenvalue weighted by Gasteiger charge is -2.20. The van der Waals surface area contributed by atoms with Gasteiger partial charge in [0.25, 0.3) is 0 Å². The van der Waals surface area contributed by atoms with Gasteiger partial charge < -0.3 is 11.1 Å². The normalized spacial score (nSPS) is 15.3. The van der Waals surface area contributed by atoms with Crippen molar-refractivity contribution < 1.29 is 9.18 Å². The molecule has 1 saturated carbocycles. The van der Waals surface area contributed by atoms with Crippen LogP contribution >= 0.6 is 0 Å². The van der Waals surface area contributed by atoms with Crippen LogP contribution in [-0.2, 0) is 4.79 Å². The fraction of sp³-hybridized carbons (Fsp3) is 0.438. The average molecular weight is 274 g/mol. The van der Waals surface area contributed by atoms with Crippen LogP contribution in [0.3, 0.4) is 0 Å². The number of hydrogen-bond acceptors (Lipinski definition) is 2. The van der Waals surface area contributed by atoms with Crippen molar-refractivity contribution in [3.63, 3.8) is 0 Å². The van der Waals surface area contributed by atoms with Crippen molar-refractivity contribution in [2.24, 2.45) is 11.7 Å². The van der Waals surface area contributed by atoms with Gasteiger partial charge in [0, 0.05) is 11.5 Å². The standard InChI is InChI=1S/C16H19FN2O/c17-14-11-12(5-4-10-18)8-9-15(14)19-16(20)13-6-2-1-3-7-13/h8-9,11,13H,1-3,6-7,10,18H2,(H,19,20). The smallest absolute Gasteiger partial charge is 0.227 e. The van der Waals surface area contributed by atoms with Crippen molar-refractivity contribution in [1.82, 2.24) is 0 Å². The molecule has 0 aliphatic heterocycles. The van der Waals surface area contributed by atoms with Crippen LogP contribution in [0.4, 0.5) is 10.1 Å². The van der Waals surface area contributed by atoms with Gasteiger partial charge in [-0.05, 0) is 31.0 Å². The van der Waals surface area contributed by atoms with E-state index in [4.69, 9.17) is 5.73 Å². The van der Waals surface area contributed by atoms with Crippen LogP contribution in [0, 0.1) is 23.6 Å². The maximum Gasteiger partial charge on any atom is 0.227 e. The average Bonchev–Trinajstić information content (AvgIpc) is 2.48. The second-order valence-corrected chi connectivity index (χ2v) is 5.02. The molecule has 1 aliphatic rings. The van der Waals surface area contributed by atoms with Gasteiger partial charge in [0.05, 0.1) is 12.2 Å². The molecule has 0 unspecified atom stereocenters. The van der Waals surface area contributed by atoms with Gasteiger partial charge in [-0.1, -0.05) is 31.1 Å². The Balaban J connectivity index is 2.03. The van der Waals surface area contributed by atoms with E-state index in [0.29, 0.717) is 5.56 Å². The van der Waals surface area contributed by atoms with E-state index in [0.717, 1.165) is 25.7 Å². The van der Waals surface area contributed by atoms with Gasteiger partial charge >= 0.3 is 0 Å². The number of carbonyl (C=O) groups excluding carboxylic acids is 1. The van der Waals surface area contributed by atoms with Crippen molar-refractivity contribution in [2.75, 3.05) is 11.9 Å². The molecule has 0 radical (unpaired) electrons. The number of amides is 1. The molecule has 1 amide bonds. The molecule has 3 N–H and O–H groups in total. The highest BCUT2D eigenvalue weighted by Gasteiger charge is 2.21. The van der Waals surface area contributed by atoms with E-state index in [1.165, 1.54) is 12.5 Å². The monoisotopic (exact) mass is 274 g/mol. The first kappa shape index (κ1) is 14.5. The summed E-state index contributed by atoms with van der Waals surface area (Å²) in [6.07, 6.45) is 5.13. The molecule has 0 bridgehead atoms. The van der Waals surface area contributed by atoms with E-state index in [-0.39, 0.29) is 24.1 Å². The maximum atomic E-state index is 13.9. The number of anilines is 1. The lowest BCUT2D eigenvalue weighted by molar-refractivity contribution is -0.120. The summed E-state index contributed by atoms with van der Waals surface area (Å²) in [5.41, 5.74) is 6.05. The van der Waals surface area contributed by atoms with Gasteiger partial charge in [-0.25, -0.2) is 4.39 Å². The van der Waals surface area contributed by atoms with Gasteiger partial charge in [-0.2, -0.15) is 0 Å². The molecular weight excluding hydrogens is 255 g/mol. The second kappa shape index (κ2) is 7.06. The topological polar surface area (TPSA) is 55.1 Å². The zero-order valence-electron chi connectivity index (χ0n) is 11.4. The summed E-state index contributed by atoms with van der Waals surface area (Å²) < 4.78 is 13.9. The molecule has 3 nitrogen and oxygen atoms in total. The summed E-state index contributed by atoms with van der Waals surface area (Å²) in [6, 6.07) is 4.55. The van der Waals surface area contributed by atoms with Crippen LogP contribution in [0.1, 0.15) is 37.7 Å². The van der Waals surface area contributed by atoms with Crippen molar-refractivity contribution in [2.45, 2.75) is 32.1 Å². The molecule has 0 heterocycles. The SMILES string of the molecule is NCC#Cc1ccc(NC(=O)C2CCCCC2)c(F)c1. The van der Waals surface area contributed by atoms with Crippen molar-refractivity contribution in [3.05, 3.63) is 29.6 Å². The van der Waals surface area contributed by atoms with E-state index >= 15 is 0 Å². The number of hydrogen-bond donors (Lipinski definition) is 2. The fourth-order valence-corrected chi connectivity index (χ4v) is 2.45. The Morgan fingerprint density at radius 2 is 2.10 bits per heavy atom. The third-order valence-corrected chi connectivity index (χ3v) is 3.54. The Labute approximate surface area is 118 Å². The first-order valence-corrected chi connectivity index (χ1v) is 7.00. The minimum absolute atomic E-state index is 0.0138. The zero-order chi connectivity index (χ0) is 14.4. The molecule has 2 rings (SSSR count). The predicted octanol–water partition coefficient (Wildman–Crippen LogP) is 2.65. The highest BCUT2D eigenvalue weighted by atomic mass is 19.1. The molecule has 0 spiro atoms. The number of carbonyl (C=O) groups is 1. The molecule has 0 atom stereocenters. The number of nitrogens with one attached hydrogen (secondary N) is 1. The van der Waals surface area contributed by atoms with Crippen LogP contribution < -0.4 is 11.1 Å². The highest BCUT2D eigenvalue weighted by Crippen LogP contribution is 2.25. The van der Waals surface area contributed by atoms with Gasteiger partial charge in [-0.15, -0.1) is 0 Å². The molecule has 20 heavy (non-hydrogen) atoms. The number of benzene rings is 1. The summed E-state index contributed by atoms with van der Waals surface area (Å²) >= 11 is 0. The van der Waals surface area contributed by atoms with Gasteiger partial charge in [0.2, 0.25) is 5.91 Å². The molecule has 1 fully saturated rings. The highest BCUT2D eigenvalue weighted by molar-refractivity contribution is 5.92. The fourth-order valence-electron chi connectivity index (χ4n) is 2.45. The second-order valence-electron chi connectivity index (χ2n) is 5.02. The summed E-state index contributed by atoms with van der Waals surface area (Å²) in [5, 5.41) is 2.68. The molecule has 1 aliphatic carbocycles. The lowest BCUT2D eigenvalue weighted by Crippen LogP contribution is -2.25. The predicted molar refractivity (Wildman–Crippen MR) is 77.5 cm³/mol. The lowest BCUT2D eigenvalue weighted by atomic mass is 9.88. The summed E-state index contributed by atoms with van der Waals surface area (Å²) in [4.78, 5) is 12.1. The van der Waals surface area contributed by atoms with Crippen molar-refractivity contribution in [1.29, 1.82) is 0 Å². The van der Waals surface area contributed by atoms with Gasteiger partial charge in [-0.3, -0.25) is 4.79 Å². The molecular formula is C16H19FN2O. The van der Waals surface area contributed by atoms with Crippen LogP contribution in [0.25, 0.3) is 0 Å². The number of rotatable bonds is 2. The number of halogens is 1. The van der Waals surface area contributed by atoms with Crippen LogP contribution in [0.5, 0.6) is 0 Å². The van der Waals surface area contributed by atoms with Crippen molar-refractivity contribution >= 4 is 11.6 Å². The van der Waals surface area contributed by atoms with Crippen molar-refractivity contribution in [3.8, 4) is 11.8 Å². The largest absolute Gasteiger partial charge is 0.323 e. The molecule has 0 saturated heterocycles. The summed E-state index contributed by atoms with van der Waals surface area (Å²) in [7, 11) is 0. The van der Waals surface area contributed by atoms with Crippen LogP contribution in [-0.4, -0.2) is 12.5 Å². The zero-order valence-corrected chi connectivity index (χ0v) is 11.4. The third-order valence-electron chi connectivity index (χ3n) is 3.54. The van der Waals surface area contributed by atoms with E-state index in [1.54, 1.807) is 12.1 Å². The van der Waals surface area contributed by atoms with Gasteiger partial charge in [0.1, 0.15) is 5.82 Å². The number of nitrogens with two attached hydrogens (primary N) is 1. The third kappa shape index (κ3) is 3.82. The Kier molecular flexibility index (Phi) is 5.14. The Bertz CT molecular complexity index is 539. The quantitative estimate of drug-likeness (QED) is 0.815. The molecule has 1 aromatic rings. The van der Waals surface area contributed by atoms with E-state index in [9.17, 15) is 9.18 Å². The minimum atomic E-state index is -0.460. The summed E-state index contributed by atoms with van der Waals surface area (Å²) in [6.45, 7) is 0.238. The first-order chi connectivity index (χ1) is 9.70. The van der Waals surface area contributed by atoms with Crippen LogP contribution in [0.2, 0.25) is 0 Å². The molecule has 1 aromatic carbocycles. The maximum absolute atomic E-state index is 13.9. The van der Waals surface area contributed by atoms with Crippen LogP contribution in [0.15, 0.2) is 18.2 Å². The Morgan fingerprint density at radius 1 is 1.35 bits per heavy atom. The Morgan fingerprint density at radius 3 is 2.75 bits per heavy atom. The van der Waals surface area contributed by atoms with E-state index < -0.39 is 5.82 Å². The van der Waals surface area contributed by atoms with Gasteiger partial charge in [0.15, 0.2) is 0 Å². The van der Waals surface area contributed by atoms with E-state index in [1.807, 2.05) is 0 Å². The molecule has 4 heteroatoms. The molecule has 106 valence electrons. The minimum Gasteiger partial charge on any atom is -0.323 e. The van der Waals surface area contributed by atoms with E-state index in [2.05, 4.69) is 17.2 Å². The Hall–Kier alpha value is -1.86.